The van der Waals surface area contributed by atoms with Crippen molar-refractivity contribution in [3.05, 3.63) is 0 Å². The number of hydrazine groups is 1. The minimum absolute atomic E-state index is 0.122. The molecule has 0 bridgehead atoms. The maximum Gasteiger partial charge on any atom is 0.235 e. The van der Waals surface area contributed by atoms with Crippen LogP contribution in [0.4, 0.5) is 0 Å². The fourth-order valence-electron chi connectivity index (χ4n) is 0.666. The molecule has 0 aliphatic carbocycles. The van der Waals surface area contributed by atoms with E-state index in [1.54, 1.807) is 0 Å². The van der Waals surface area contributed by atoms with Gasteiger partial charge in [0, 0.05) is 6.54 Å². The summed E-state index contributed by atoms with van der Waals surface area (Å²) in [5.74, 6) is 5.55. The summed E-state index contributed by atoms with van der Waals surface area (Å²) >= 11 is 0. The molecule has 0 aliphatic heterocycles. The highest BCUT2D eigenvalue weighted by Gasteiger charge is 2.05. The largest absolute Gasteiger partial charge is 0.370 e. The summed E-state index contributed by atoms with van der Waals surface area (Å²) in [5.41, 5.74) is 10.1. The van der Waals surface area contributed by atoms with Crippen LogP contribution in [0.15, 0.2) is 4.99 Å². The van der Waals surface area contributed by atoms with Gasteiger partial charge in [0.15, 0.2) is 5.96 Å². The first-order valence-corrected chi connectivity index (χ1v) is 4.64. The topological polar surface area (TPSA) is 118 Å². The number of nitrogens with zero attached hydrogens (tertiary/aromatic N) is 2. The molecule has 0 aliphatic rings. The van der Waals surface area contributed by atoms with Gasteiger partial charge in [-0.2, -0.15) is 4.99 Å². The Morgan fingerprint density at radius 3 is 2.07 bits per heavy atom. The van der Waals surface area contributed by atoms with Gasteiger partial charge in [0.05, 0.1) is 0 Å². The van der Waals surface area contributed by atoms with E-state index in [-0.39, 0.29) is 11.9 Å². The van der Waals surface area contributed by atoms with Crippen molar-refractivity contribution in [2.45, 2.75) is 27.7 Å². The Balaban J connectivity index is 0. The zero-order valence-corrected chi connectivity index (χ0v) is 9.41. The summed E-state index contributed by atoms with van der Waals surface area (Å²) in [7, 11) is 0. The monoisotopic (exact) mass is 202 g/mol. The molecule has 6 heteroatoms. The molecule has 0 aromatic carbocycles. The van der Waals surface area contributed by atoms with E-state index < -0.39 is 0 Å². The Kier molecular flexibility index (Phi) is 9.01. The fraction of sp³-hybridized carbons (Fsp3) is 0.750. The minimum atomic E-state index is -0.154. The van der Waals surface area contributed by atoms with Crippen molar-refractivity contribution in [1.29, 1.82) is 5.41 Å². The molecule has 84 valence electrons. The van der Waals surface area contributed by atoms with E-state index >= 15 is 0 Å². The molecule has 0 amide bonds. The lowest BCUT2D eigenvalue weighted by Crippen LogP contribution is -2.40. The number of guanidine groups is 2. The Labute approximate surface area is 85.6 Å². The number of nitrogens with one attached hydrogen (secondary N) is 1. The lowest BCUT2D eigenvalue weighted by atomic mass is 10.2. The Bertz CT molecular complexity index is 182. The van der Waals surface area contributed by atoms with Gasteiger partial charge < -0.3 is 11.5 Å². The van der Waals surface area contributed by atoms with E-state index in [0.717, 1.165) is 0 Å². The Morgan fingerprint density at radius 1 is 1.36 bits per heavy atom. The molecule has 14 heavy (non-hydrogen) atoms. The highest BCUT2D eigenvalue weighted by Crippen LogP contribution is 1.94. The van der Waals surface area contributed by atoms with Crippen LogP contribution in [0.5, 0.6) is 0 Å². The molecule has 0 radical (unpaired) electrons. The summed E-state index contributed by atoms with van der Waals surface area (Å²) < 4.78 is 0. The second-order valence-electron chi connectivity index (χ2n) is 2.91. The van der Waals surface area contributed by atoms with Crippen LogP contribution in [-0.4, -0.2) is 23.5 Å². The standard InChI is InChI=1S/C6H16N6.C2H6/c1-4(2)3-12(10)6(9)11-5(7)8;1-2/h4H,3,10H2,1-2H3,(H5,7,8,9,11);1-2H3. The van der Waals surface area contributed by atoms with Crippen LogP contribution in [-0.2, 0) is 0 Å². The molecule has 0 spiro atoms. The van der Waals surface area contributed by atoms with Crippen LogP contribution in [0.1, 0.15) is 27.7 Å². The van der Waals surface area contributed by atoms with Crippen LogP contribution in [0.25, 0.3) is 0 Å². The molecule has 6 nitrogen and oxygen atoms in total. The average molecular weight is 202 g/mol. The van der Waals surface area contributed by atoms with Crippen molar-refractivity contribution < 1.29 is 0 Å². The predicted octanol–water partition coefficient (Wildman–Crippen LogP) is 0.0525. The summed E-state index contributed by atoms with van der Waals surface area (Å²) in [5, 5.41) is 8.47. The van der Waals surface area contributed by atoms with Crippen molar-refractivity contribution in [3.8, 4) is 0 Å². The van der Waals surface area contributed by atoms with Crippen LogP contribution < -0.4 is 17.3 Å². The molecule has 0 fully saturated rings. The van der Waals surface area contributed by atoms with Crippen molar-refractivity contribution >= 4 is 11.9 Å². The maximum absolute atomic E-state index is 7.27. The quantitative estimate of drug-likeness (QED) is 0.219. The highest BCUT2D eigenvalue weighted by molar-refractivity contribution is 5.91. The number of aliphatic imine (C=N–C) groups is 1. The number of hydrogen-bond donors (Lipinski definition) is 4. The molecule has 0 rings (SSSR count). The van der Waals surface area contributed by atoms with E-state index in [0.29, 0.717) is 12.5 Å². The SMILES string of the molecule is CC.CC(C)CN(N)C(=N)N=C(N)N. The van der Waals surface area contributed by atoms with Crippen molar-refractivity contribution in [1.82, 2.24) is 5.01 Å². The molecular weight excluding hydrogens is 180 g/mol. The third-order valence-corrected chi connectivity index (χ3v) is 1.07. The zero-order valence-electron chi connectivity index (χ0n) is 9.41. The molecule has 7 N–H and O–H groups in total. The molecule has 0 aromatic rings. The summed E-state index contributed by atoms with van der Waals surface area (Å²) in [6.45, 7) is 8.53. The minimum Gasteiger partial charge on any atom is -0.370 e. The van der Waals surface area contributed by atoms with E-state index in [9.17, 15) is 0 Å². The predicted molar refractivity (Wildman–Crippen MR) is 60.6 cm³/mol. The third-order valence-electron chi connectivity index (χ3n) is 1.07. The van der Waals surface area contributed by atoms with Crippen LogP contribution in [0.3, 0.4) is 0 Å². The first-order valence-electron chi connectivity index (χ1n) is 4.64. The van der Waals surface area contributed by atoms with Gasteiger partial charge in [0.25, 0.3) is 0 Å². The summed E-state index contributed by atoms with van der Waals surface area (Å²) in [6, 6.07) is 0. The molecule has 0 aromatic heterocycles. The molecule has 0 heterocycles. The maximum atomic E-state index is 7.27. The number of nitrogens with two attached hydrogens (primary N) is 3. The normalized spacial score (nSPS) is 8.71. The second kappa shape index (κ2) is 8.31. The number of rotatable bonds is 2. The number of hydrogen-bond acceptors (Lipinski definition) is 2. The smallest absolute Gasteiger partial charge is 0.235 e. The van der Waals surface area contributed by atoms with Gasteiger partial charge in [-0.25, -0.2) is 5.84 Å². The molecule has 0 unspecified atom stereocenters. The van der Waals surface area contributed by atoms with Crippen molar-refractivity contribution in [2.75, 3.05) is 6.54 Å². The van der Waals surface area contributed by atoms with Gasteiger partial charge in [-0.15, -0.1) is 0 Å². The summed E-state index contributed by atoms with van der Waals surface area (Å²) in [6.07, 6.45) is 0. The van der Waals surface area contributed by atoms with Crippen LogP contribution in [0, 0.1) is 11.3 Å². The van der Waals surface area contributed by atoms with E-state index in [4.69, 9.17) is 22.7 Å². The molecule has 0 atom stereocenters. The van der Waals surface area contributed by atoms with Gasteiger partial charge in [-0.3, -0.25) is 10.4 Å². The highest BCUT2D eigenvalue weighted by atomic mass is 15.5. The summed E-state index contributed by atoms with van der Waals surface area (Å²) in [4.78, 5) is 3.49. The molecule has 0 saturated carbocycles. The second-order valence-corrected chi connectivity index (χ2v) is 2.91. The molecule has 0 saturated heterocycles. The Hall–Kier alpha value is -1.30. The van der Waals surface area contributed by atoms with Crippen molar-refractivity contribution in [3.63, 3.8) is 0 Å². The van der Waals surface area contributed by atoms with Gasteiger partial charge in [-0.1, -0.05) is 27.7 Å². The third kappa shape index (κ3) is 8.79. The van der Waals surface area contributed by atoms with Crippen molar-refractivity contribution in [2.24, 2.45) is 28.2 Å². The van der Waals surface area contributed by atoms with Gasteiger partial charge in [-0.05, 0) is 5.92 Å². The zero-order chi connectivity index (χ0) is 11.7. The average Bonchev–Trinajstić information content (AvgIpc) is 2.05. The van der Waals surface area contributed by atoms with Gasteiger partial charge in [0.1, 0.15) is 0 Å². The Morgan fingerprint density at radius 2 is 1.79 bits per heavy atom. The first-order chi connectivity index (χ1) is 6.43. The van der Waals surface area contributed by atoms with Crippen LogP contribution in [0.2, 0.25) is 0 Å². The van der Waals surface area contributed by atoms with E-state index in [1.165, 1.54) is 5.01 Å². The molecular formula is C8H22N6. The lowest BCUT2D eigenvalue weighted by Gasteiger charge is -2.17. The first kappa shape index (κ1) is 15.2. The van der Waals surface area contributed by atoms with Gasteiger partial charge >= 0.3 is 0 Å². The lowest BCUT2D eigenvalue weighted by molar-refractivity contribution is 0.373. The fourth-order valence-corrected chi connectivity index (χ4v) is 0.666. The van der Waals surface area contributed by atoms with Gasteiger partial charge in [0.2, 0.25) is 5.96 Å². The van der Waals surface area contributed by atoms with E-state index in [2.05, 4.69) is 4.99 Å². The van der Waals surface area contributed by atoms with E-state index in [1.807, 2.05) is 27.7 Å². The van der Waals surface area contributed by atoms with Crippen LogP contribution >= 0.6 is 0 Å².